The number of benzene rings is 1. The van der Waals surface area contributed by atoms with Crippen LogP contribution < -0.4 is 5.32 Å². The predicted molar refractivity (Wildman–Crippen MR) is 84.4 cm³/mol. The zero-order valence-electron chi connectivity index (χ0n) is 13.4. The molecule has 1 aliphatic heterocycles. The quantitative estimate of drug-likeness (QED) is 0.887. The lowest BCUT2D eigenvalue weighted by molar-refractivity contribution is -0.138. The molecule has 0 radical (unpaired) electrons. The number of amides is 2. The zero-order valence-corrected chi connectivity index (χ0v) is 13.4. The second kappa shape index (κ2) is 6.48. The highest BCUT2D eigenvalue weighted by molar-refractivity contribution is 5.97. The van der Waals surface area contributed by atoms with Crippen LogP contribution in [0.25, 0.3) is 0 Å². The van der Waals surface area contributed by atoms with Crippen molar-refractivity contribution in [1.29, 1.82) is 0 Å². The molecule has 5 heteroatoms. The van der Waals surface area contributed by atoms with Gasteiger partial charge in [-0.25, -0.2) is 0 Å². The zero-order chi connectivity index (χ0) is 16.3. The molecule has 1 aromatic rings. The van der Waals surface area contributed by atoms with Crippen LogP contribution in [0.15, 0.2) is 30.3 Å². The molecule has 0 saturated carbocycles. The first-order valence-electron chi connectivity index (χ1n) is 7.69. The van der Waals surface area contributed by atoms with Gasteiger partial charge in [0.25, 0.3) is 5.91 Å². The monoisotopic (exact) mass is 304 g/mol. The fourth-order valence-electron chi connectivity index (χ4n) is 2.95. The molecule has 2 amide bonds. The number of hydrogen-bond acceptors (Lipinski definition) is 3. The van der Waals surface area contributed by atoms with Gasteiger partial charge in [-0.3, -0.25) is 9.59 Å². The highest BCUT2D eigenvalue weighted by atomic mass is 16.3. The van der Waals surface area contributed by atoms with Crippen molar-refractivity contribution in [2.24, 2.45) is 0 Å². The Labute approximate surface area is 131 Å². The van der Waals surface area contributed by atoms with E-state index in [1.165, 1.54) is 0 Å². The molecule has 2 N–H and O–H groups in total. The molecule has 1 fully saturated rings. The van der Waals surface area contributed by atoms with Crippen LogP contribution in [-0.2, 0) is 4.79 Å². The maximum atomic E-state index is 12.6. The summed E-state index contributed by atoms with van der Waals surface area (Å²) in [6.45, 7) is 5.74. The Bertz CT molecular complexity index is 537. The first-order chi connectivity index (χ1) is 10.3. The van der Waals surface area contributed by atoms with Gasteiger partial charge in [0.15, 0.2) is 0 Å². The van der Waals surface area contributed by atoms with E-state index in [-0.39, 0.29) is 17.9 Å². The maximum Gasteiger partial charge on any atom is 0.251 e. The third-order valence-electron chi connectivity index (χ3n) is 4.11. The SMILES string of the molecule is CC(NC(=O)c1ccccc1)C(=O)N1CCCC1C(C)(C)O. The summed E-state index contributed by atoms with van der Waals surface area (Å²) < 4.78 is 0. The van der Waals surface area contributed by atoms with Crippen molar-refractivity contribution < 1.29 is 14.7 Å². The van der Waals surface area contributed by atoms with Crippen molar-refractivity contribution >= 4 is 11.8 Å². The summed E-state index contributed by atoms with van der Waals surface area (Å²) in [6, 6.07) is 8.01. The maximum absolute atomic E-state index is 12.6. The Hall–Kier alpha value is -1.88. The molecular weight excluding hydrogens is 280 g/mol. The van der Waals surface area contributed by atoms with Gasteiger partial charge in [-0.05, 0) is 45.7 Å². The van der Waals surface area contributed by atoms with E-state index < -0.39 is 11.6 Å². The number of likely N-dealkylation sites (tertiary alicyclic amines) is 1. The molecule has 2 atom stereocenters. The van der Waals surface area contributed by atoms with E-state index >= 15 is 0 Å². The van der Waals surface area contributed by atoms with E-state index in [0.29, 0.717) is 12.1 Å². The van der Waals surface area contributed by atoms with Crippen molar-refractivity contribution in [3.63, 3.8) is 0 Å². The largest absolute Gasteiger partial charge is 0.388 e. The van der Waals surface area contributed by atoms with Crippen LogP contribution >= 0.6 is 0 Å². The van der Waals surface area contributed by atoms with Gasteiger partial charge in [-0.15, -0.1) is 0 Å². The fraction of sp³-hybridized carbons (Fsp3) is 0.529. The van der Waals surface area contributed by atoms with Crippen LogP contribution in [0.1, 0.15) is 44.0 Å². The van der Waals surface area contributed by atoms with E-state index in [4.69, 9.17) is 0 Å². The Kier molecular flexibility index (Phi) is 4.86. The topological polar surface area (TPSA) is 69.6 Å². The lowest BCUT2D eigenvalue weighted by Crippen LogP contribution is -2.54. The molecule has 0 spiro atoms. The van der Waals surface area contributed by atoms with Crippen LogP contribution in [0.2, 0.25) is 0 Å². The molecule has 1 aliphatic rings. The molecule has 0 aromatic heterocycles. The number of rotatable bonds is 4. The van der Waals surface area contributed by atoms with E-state index in [0.717, 1.165) is 12.8 Å². The minimum Gasteiger partial charge on any atom is -0.388 e. The first kappa shape index (κ1) is 16.5. The van der Waals surface area contributed by atoms with Crippen molar-refractivity contribution in [3.05, 3.63) is 35.9 Å². The Morgan fingerprint density at radius 1 is 1.32 bits per heavy atom. The van der Waals surface area contributed by atoms with Crippen molar-refractivity contribution in [1.82, 2.24) is 10.2 Å². The molecule has 1 aromatic carbocycles. The first-order valence-corrected chi connectivity index (χ1v) is 7.69. The third-order valence-corrected chi connectivity index (χ3v) is 4.11. The van der Waals surface area contributed by atoms with Crippen molar-refractivity contribution in [2.75, 3.05) is 6.54 Å². The lowest BCUT2D eigenvalue weighted by Gasteiger charge is -2.35. The highest BCUT2D eigenvalue weighted by Crippen LogP contribution is 2.27. The molecule has 0 aliphatic carbocycles. The molecule has 0 bridgehead atoms. The Morgan fingerprint density at radius 2 is 1.95 bits per heavy atom. The van der Waals surface area contributed by atoms with Crippen LogP contribution in [-0.4, -0.2) is 46.1 Å². The minimum atomic E-state index is -0.935. The van der Waals surface area contributed by atoms with Crippen molar-refractivity contribution in [2.45, 2.75) is 51.3 Å². The third kappa shape index (κ3) is 3.65. The average molecular weight is 304 g/mol. The fourth-order valence-corrected chi connectivity index (χ4v) is 2.95. The summed E-state index contributed by atoms with van der Waals surface area (Å²) in [5, 5.41) is 12.9. The molecule has 2 rings (SSSR count). The number of carbonyl (C=O) groups is 2. The predicted octanol–water partition coefficient (Wildman–Crippen LogP) is 1.57. The second-order valence-electron chi connectivity index (χ2n) is 6.40. The van der Waals surface area contributed by atoms with E-state index in [2.05, 4.69) is 5.32 Å². The average Bonchev–Trinajstić information content (AvgIpc) is 2.96. The van der Waals surface area contributed by atoms with Gasteiger partial charge in [0, 0.05) is 12.1 Å². The summed E-state index contributed by atoms with van der Waals surface area (Å²) in [4.78, 5) is 26.4. The summed E-state index contributed by atoms with van der Waals surface area (Å²) in [7, 11) is 0. The van der Waals surface area contributed by atoms with Gasteiger partial charge in [-0.1, -0.05) is 18.2 Å². The molecule has 1 heterocycles. The second-order valence-corrected chi connectivity index (χ2v) is 6.40. The summed E-state index contributed by atoms with van der Waals surface area (Å²) >= 11 is 0. The van der Waals surface area contributed by atoms with Crippen LogP contribution in [0.4, 0.5) is 0 Å². The summed E-state index contributed by atoms with van der Waals surface area (Å²) in [5.41, 5.74) is -0.405. The number of nitrogens with zero attached hydrogens (tertiary/aromatic N) is 1. The number of hydrogen-bond donors (Lipinski definition) is 2. The standard InChI is InChI=1S/C17H24N2O3/c1-12(18-15(20)13-8-5-4-6-9-13)16(21)19-11-7-10-14(19)17(2,3)22/h4-6,8-9,12,14,22H,7,10-11H2,1-3H3,(H,18,20). The highest BCUT2D eigenvalue weighted by Gasteiger charge is 2.39. The number of aliphatic hydroxyl groups is 1. The van der Waals surface area contributed by atoms with Gasteiger partial charge in [0.05, 0.1) is 11.6 Å². The van der Waals surface area contributed by atoms with Crippen LogP contribution in [0.3, 0.4) is 0 Å². The van der Waals surface area contributed by atoms with Gasteiger partial charge >= 0.3 is 0 Å². The molecule has 120 valence electrons. The minimum absolute atomic E-state index is 0.145. The molecule has 5 nitrogen and oxygen atoms in total. The molecular formula is C17H24N2O3. The van der Waals surface area contributed by atoms with Crippen LogP contribution in [0.5, 0.6) is 0 Å². The Balaban J connectivity index is 2.02. The van der Waals surface area contributed by atoms with Crippen molar-refractivity contribution in [3.8, 4) is 0 Å². The molecule has 22 heavy (non-hydrogen) atoms. The smallest absolute Gasteiger partial charge is 0.251 e. The molecule has 1 saturated heterocycles. The number of carbonyl (C=O) groups excluding carboxylic acids is 2. The summed E-state index contributed by atoms with van der Waals surface area (Å²) in [6.07, 6.45) is 1.66. The van der Waals surface area contributed by atoms with Crippen LogP contribution in [0, 0.1) is 0 Å². The van der Waals surface area contributed by atoms with Gasteiger partial charge in [0.2, 0.25) is 5.91 Å². The number of nitrogens with one attached hydrogen (secondary N) is 1. The normalized spacial score (nSPS) is 19.8. The van der Waals surface area contributed by atoms with E-state index in [1.54, 1.807) is 49.9 Å². The van der Waals surface area contributed by atoms with Gasteiger partial charge in [-0.2, -0.15) is 0 Å². The van der Waals surface area contributed by atoms with Gasteiger partial charge < -0.3 is 15.3 Å². The Morgan fingerprint density at radius 3 is 2.55 bits per heavy atom. The summed E-state index contributed by atoms with van der Waals surface area (Å²) in [5.74, 6) is -0.408. The van der Waals surface area contributed by atoms with E-state index in [1.807, 2.05) is 6.07 Å². The molecule has 2 unspecified atom stereocenters. The van der Waals surface area contributed by atoms with E-state index in [9.17, 15) is 14.7 Å². The van der Waals surface area contributed by atoms with Gasteiger partial charge in [0.1, 0.15) is 6.04 Å². The lowest BCUT2D eigenvalue weighted by atomic mass is 9.96.